The lowest BCUT2D eigenvalue weighted by Crippen LogP contribution is -2.28. The van der Waals surface area contributed by atoms with Crippen molar-refractivity contribution in [1.29, 1.82) is 5.26 Å². The van der Waals surface area contributed by atoms with E-state index in [4.69, 9.17) is 0 Å². The van der Waals surface area contributed by atoms with Crippen molar-refractivity contribution in [1.82, 2.24) is 14.8 Å². The fraction of sp³-hybridized carbons (Fsp3) is 0.211. The topological polar surface area (TPSA) is 91.9 Å². The first kappa shape index (κ1) is 18.5. The molecule has 0 aliphatic heterocycles. The summed E-state index contributed by atoms with van der Waals surface area (Å²) in [6, 6.07) is 11.2. The first-order chi connectivity index (χ1) is 12.9. The number of aromatic nitrogens is 3. The Bertz CT molecular complexity index is 1100. The number of nitrogens with zero attached hydrogens (tertiary/aromatic N) is 5. The van der Waals surface area contributed by atoms with E-state index in [1.54, 1.807) is 19.2 Å². The highest BCUT2D eigenvalue weighted by Crippen LogP contribution is 2.28. The van der Waals surface area contributed by atoms with Crippen LogP contribution in [0.1, 0.15) is 29.4 Å². The Morgan fingerprint density at radius 2 is 2.00 bits per heavy atom. The molecule has 0 saturated heterocycles. The molecule has 27 heavy (non-hydrogen) atoms. The van der Waals surface area contributed by atoms with Crippen molar-refractivity contribution in [2.75, 3.05) is 4.90 Å². The Balaban J connectivity index is 1.96. The highest BCUT2D eigenvalue weighted by Gasteiger charge is 2.18. The van der Waals surface area contributed by atoms with E-state index < -0.39 is 5.56 Å². The van der Waals surface area contributed by atoms with Crippen molar-refractivity contribution >= 4 is 28.1 Å². The zero-order valence-electron chi connectivity index (χ0n) is 15.1. The van der Waals surface area contributed by atoms with Gasteiger partial charge in [0.15, 0.2) is 5.13 Å². The number of carbonyl (C=O) groups excluding carboxylic acids is 1. The third-order valence-electron chi connectivity index (χ3n) is 4.12. The summed E-state index contributed by atoms with van der Waals surface area (Å²) in [7, 11) is 0. The van der Waals surface area contributed by atoms with E-state index in [0.29, 0.717) is 22.1 Å². The summed E-state index contributed by atoms with van der Waals surface area (Å²) in [6.45, 7) is 5.07. The molecule has 1 amide bonds. The fourth-order valence-corrected chi connectivity index (χ4v) is 3.52. The van der Waals surface area contributed by atoms with Gasteiger partial charge >= 0.3 is 0 Å². The van der Waals surface area contributed by atoms with Crippen LogP contribution in [0.2, 0.25) is 0 Å². The van der Waals surface area contributed by atoms with Crippen LogP contribution in [0.25, 0.3) is 0 Å². The van der Waals surface area contributed by atoms with Crippen LogP contribution in [0.4, 0.5) is 10.8 Å². The average Bonchev–Trinajstić information content (AvgIpc) is 3.09. The molecule has 3 rings (SSSR count). The molecule has 0 radical (unpaired) electrons. The molecule has 8 heteroatoms. The van der Waals surface area contributed by atoms with Crippen LogP contribution in [0, 0.1) is 25.2 Å². The molecule has 0 fully saturated rings. The molecule has 0 aliphatic rings. The van der Waals surface area contributed by atoms with Crippen molar-refractivity contribution in [2.24, 2.45) is 0 Å². The van der Waals surface area contributed by atoms with Gasteiger partial charge in [-0.25, -0.2) is 9.67 Å². The van der Waals surface area contributed by atoms with Crippen LogP contribution in [-0.4, -0.2) is 20.7 Å². The standard InChI is InChI=1S/C19H17N5O2S/c1-12-13(2)22-23(18(26)17(12)9-20)10-15-11-27-19(21-15)24(14(3)25)16-7-5-4-6-8-16/h4-8,11H,10H2,1-3H3. The Morgan fingerprint density at radius 3 is 2.63 bits per heavy atom. The van der Waals surface area contributed by atoms with E-state index in [0.717, 1.165) is 5.69 Å². The van der Waals surface area contributed by atoms with Gasteiger partial charge in [0.2, 0.25) is 5.91 Å². The lowest BCUT2D eigenvalue weighted by Gasteiger charge is -2.17. The Hall–Kier alpha value is -3.31. The summed E-state index contributed by atoms with van der Waals surface area (Å²) in [6.07, 6.45) is 0. The molecule has 0 atom stereocenters. The van der Waals surface area contributed by atoms with Gasteiger partial charge in [0, 0.05) is 12.3 Å². The van der Waals surface area contributed by atoms with Crippen molar-refractivity contribution < 1.29 is 4.79 Å². The molecule has 0 bridgehead atoms. The molecular weight excluding hydrogens is 362 g/mol. The molecule has 2 aromatic heterocycles. The minimum atomic E-state index is -0.443. The monoisotopic (exact) mass is 379 g/mol. The predicted molar refractivity (Wildman–Crippen MR) is 103 cm³/mol. The minimum Gasteiger partial charge on any atom is -0.274 e. The second-order valence-corrected chi connectivity index (χ2v) is 6.81. The molecule has 136 valence electrons. The van der Waals surface area contributed by atoms with Crippen LogP contribution in [-0.2, 0) is 11.3 Å². The van der Waals surface area contributed by atoms with Crippen molar-refractivity contribution in [3.63, 3.8) is 0 Å². The summed E-state index contributed by atoms with van der Waals surface area (Å²) in [5.41, 5.74) is 2.17. The smallest absolute Gasteiger partial charge is 0.274 e. The number of thiazole rings is 1. The highest BCUT2D eigenvalue weighted by atomic mass is 32.1. The number of carbonyl (C=O) groups is 1. The number of amides is 1. The molecule has 0 aliphatic carbocycles. The van der Waals surface area contributed by atoms with Gasteiger partial charge < -0.3 is 0 Å². The summed E-state index contributed by atoms with van der Waals surface area (Å²) in [5.74, 6) is -0.157. The quantitative estimate of drug-likeness (QED) is 0.695. The van der Waals surface area contributed by atoms with Crippen molar-refractivity contribution in [3.8, 4) is 6.07 Å². The van der Waals surface area contributed by atoms with Crippen LogP contribution in [0.3, 0.4) is 0 Å². The molecule has 0 saturated carbocycles. The Kier molecular flexibility index (Phi) is 5.14. The van der Waals surface area contributed by atoms with Crippen molar-refractivity contribution in [3.05, 3.63) is 68.6 Å². The second-order valence-electron chi connectivity index (χ2n) is 5.97. The normalized spacial score (nSPS) is 10.4. The zero-order valence-corrected chi connectivity index (χ0v) is 15.9. The number of hydrogen-bond acceptors (Lipinski definition) is 6. The average molecular weight is 379 g/mol. The van der Waals surface area contributed by atoms with Crippen molar-refractivity contribution in [2.45, 2.75) is 27.3 Å². The van der Waals surface area contributed by atoms with Gasteiger partial charge in [0.25, 0.3) is 5.56 Å². The maximum absolute atomic E-state index is 12.4. The van der Waals surface area contributed by atoms with E-state index in [9.17, 15) is 14.9 Å². The second kappa shape index (κ2) is 7.51. The van der Waals surface area contributed by atoms with E-state index in [-0.39, 0.29) is 18.0 Å². The van der Waals surface area contributed by atoms with E-state index in [1.165, 1.54) is 27.8 Å². The lowest BCUT2D eigenvalue weighted by atomic mass is 10.1. The first-order valence-electron chi connectivity index (χ1n) is 8.21. The lowest BCUT2D eigenvalue weighted by molar-refractivity contribution is -0.115. The van der Waals surface area contributed by atoms with E-state index in [2.05, 4.69) is 10.1 Å². The summed E-state index contributed by atoms with van der Waals surface area (Å²) in [5, 5.41) is 15.8. The maximum Gasteiger partial charge on any atom is 0.285 e. The summed E-state index contributed by atoms with van der Waals surface area (Å²) < 4.78 is 1.24. The first-order valence-corrected chi connectivity index (χ1v) is 9.09. The number of nitriles is 1. The van der Waals surface area contributed by atoms with Crippen LogP contribution < -0.4 is 10.5 Å². The Labute approximate surface area is 160 Å². The molecule has 0 unspecified atom stereocenters. The minimum absolute atomic E-state index is 0.0904. The van der Waals surface area contributed by atoms with Crippen LogP contribution >= 0.6 is 11.3 Å². The number of aryl methyl sites for hydroxylation is 1. The van der Waals surface area contributed by atoms with Crippen LogP contribution in [0.15, 0.2) is 40.5 Å². The molecule has 0 N–H and O–H groups in total. The molecular formula is C19H17N5O2S. The highest BCUT2D eigenvalue weighted by molar-refractivity contribution is 7.14. The Morgan fingerprint density at radius 1 is 1.30 bits per heavy atom. The van der Waals surface area contributed by atoms with Gasteiger partial charge in [-0.15, -0.1) is 11.3 Å². The molecule has 3 aromatic rings. The number of anilines is 2. The number of rotatable bonds is 4. The molecule has 7 nitrogen and oxygen atoms in total. The number of benzene rings is 1. The molecule has 0 spiro atoms. The third kappa shape index (κ3) is 3.64. The SMILES string of the molecule is CC(=O)N(c1ccccc1)c1nc(Cn2nc(C)c(C)c(C#N)c2=O)cs1. The van der Waals surface area contributed by atoms with Gasteiger partial charge in [0.05, 0.1) is 23.6 Å². The van der Waals surface area contributed by atoms with Gasteiger partial charge in [-0.05, 0) is 31.5 Å². The van der Waals surface area contributed by atoms with E-state index in [1.807, 2.05) is 36.4 Å². The van der Waals surface area contributed by atoms with Gasteiger partial charge in [0.1, 0.15) is 11.6 Å². The predicted octanol–water partition coefficient (Wildman–Crippen LogP) is 2.92. The van der Waals surface area contributed by atoms with Crippen LogP contribution in [0.5, 0.6) is 0 Å². The van der Waals surface area contributed by atoms with Gasteiger partial charge in [-0.2, -0.15) is 10.4 Å². The van der Waals surface area contributed by atoms with Gasteiger partial charge in [-0.1, -0.05) is 18.2 Å². The fourth-order valence-electron chi connectivity index (χ4n) is 2.64. The van der Waals surface area contributed by atoms with E-state index >= 15 is 0 Å². The largest absolute Gasteiger partial charge is 0.285 e. The summed E-state index contributed by atoms with van der Waals surface area (Å²) >= 11 is 1.31. The summed E-state index contributed by atoms with van der Waals surface area (Å²) in [4.78, 5) is 30.6. The van der Waals surface area contributed by atoms with Gasteiger partial charge in [-0.3, -0.25) is 14.5 Å². The number of para-hydroxylation sites is 1. The molecule has 2 heterocycles. The maximum atomic E-state index is 12.4. The third-order valence-corrected chi connectivity index (χ3v) is 5.00. The molecule has 1 aromatic carbocycles. The number of hydrogen-bond donors (Lipinski definition) is 0. The zero-order chi connectivity index (χ0) is 19.6.